The van der Waals surface area contributed by atoms with E-state index in [2.05, 4.69) is 30.6 Å². The molecular weight excluding hydrogens is 588 g/mol. The lowest BCUT2D eigenvalue weighted by atomic mass is 10.2. The Kier molecular flexibility index (Phi) is 7.41. The first-order valence-electron chi connectivity index (χ1n) is 10.3. The van der Waals surface area contributed by atoms with Crippen LogP contribution < -0.4 is 10.3 Å². The highest BCUT2D eigenvalue weighted by molar-refractivity contribution is 7.86. The zero-order chi connectivity index (χ0) is 28.7. The van der Waals surface area contributed by atoms with E-state index in [4.69, 9.17) is 11.6 Å². The lowest BCUT2D eigenvalue weighted by Gasteiger charge is -2.16. The summed E-state index contributed by atoms with van der Waals surface area (Å²) in [5.74, 6) is -2.51. The number of amides is 1. The first-order chi connectivity index (χ1) is 18.1. The second-order valence-corrected chi connectivity index (χ2v) is 10.9. The molecule has 0 saturated carbocycles. The number of hydrogen-bond acceptors (Lipinski definition) is 11. The maximum absolute atomic E-state index is 13.5. The van der Waals surface area contributed by atoms with Gasteiger partial charge in [0.15, 0.2) is 11.9 Å². The molecule has 14 nitrogen and oxygen atoms in total. The van der Waals surface area contributed by atoms with Crippen LogP contribution in [0.25, 0.3) is 0 Å². The van der Waals surface area contributed by atoms with Gasteiger partial charge in [0.05, 0.1) is 22.0 Å². The van der Waals surface area contributed by atoms with Crippen molar-refractivity contribution >= 4 is 66.3 Å². The molecular formula is C20H14ClF2N7O7S2. The van der Waals surface area contributed by atoms with E-state index in [0.717, 1.165) is 6.07 Å². The first-order valence-corrected chi connectivity index (χ1v) is 13.6. The maximum Gasteiger partial charge on any atom is 0.313 e. The molecule has 3 N–H and O–H groups in total. The Morgan fingerprint density at radius 3 is 2.31 bits per heavy atom. The molecule has 1 aliphatic heterocycles. The highest BCUT2D eigenvalue weighted by atomic mass is 35.5. The topological polar surface area (TPSA) is 204 Å². The number of nitrogens with one attached hydrogen (secondary N) is 1. The van der Waals surface area contributed by atoms with E-state index in [1.54, 1.807) is 0 Å². The third kappa shape index (κ3) is 6.04. The summed E-state index contributed by atoms with van der Waals surface area (Å²) in [6.45, 7) is 1.37. The summed E-state index contributed by atoms with van der Waals surface area (Å²) >= 11 is 5.72. The van der Waals surface area contributed by atoms with Crippen LogP contribution in [0.2, 0.25) is 5.02 Å². The van der Waals surface area contributed by atoms with E-state index in [1.165, 1.54) is 31.2 Å². The lowest BCUT2D eigenvalue weighted by Crippen LogP contribution is -2.30. The second-order valence-electron chi connectivity index (χ2n) is 7.71. The minimum absolute atomic E-state index is 0.0445. The van der Waals surface area contributed by atoms with Gasteiger partial charge in [-0.1, -0.05) is 11.6 Å². The maximum atomic E-state index is 13.5. The normalized spacial score (nSPS) is 16.2. The molecule has 19 heteroatoms. The van der Waals surface area contributed by atoms with Crippen molar-refractivity contribution in [3.05, 3.63) is 59.5 Å². The fourth-order valence-electron chi connectivity index (χ4n) is 3.25. The molecule has 4 rings (SSSR count). The second kappa shape index (κ2) is 10.3. The number of nitrogens with zero attached hydrogens (tertiary/aromatic N) is 6. The van der Waals surface area contributed by atoms with Gasteiger partial charge in [-0.05, 0) is 49.4 Å². The van der Waals surface area contributed by atoms with Gasteiger partial charge in [0, 0.05) is 5.69 Å². The van der Waals surface area contributed by atoms with Crippen molar-refractivity contribution < 1.29 is 39.5 Å². The minimum Gasteiger partial charge on any atom is -0.339 e. The molecule has 0 bridgehead atoms. The van der Waals surface area contributed by atoms with Crippen molar-refractivity contribution in [2.75, 3.05) is 10.3 Å². The summed E-state index contributed by atoms with van der Waals surface area (Å²) in [7, 11) is -9.74. The summed E-state index contributed by atoms with van der Waals surface area (Å²) in [6.07, 6.45) is -1.33. The lowest BCUT2D eigenvalue weighted by molar-refractivity contribution is -0.117. The van der Waals surface area contributed by atoms with Crippen LogP contribution in [-0.2, 0) is 25.0 Å². The molecule has 0 fully saturated rings. The standard InChI is InChI=1S/C20H14ClF2N7O7S2/c1-9-16(19(31)30(29-9)13-8-12(38(32,33)34)6-7-14(13)39(35,36)37)28-27-11-4-2-10(3-5-11)24-18-15(21)17(22)25-20(23)26-18/h2-8,16H,1H3,(H,24,25,26)(H,32,33,34)(H,35,36,37). The molecule has 1 aromatic heterocycles. The van der Waals surface area contributed by atoms with Crippen LogP contribution in [0.1, 0.15) is 6.92 Å². The zero-order valence-corrected chi connectivity index (χ0v) is 21.6. The molecule has 39 heavy (non-hydrogen) atoms. The average molecular weight is 602 g/mol. The van der Waals surface area contributed by atoms with Crippen molar-refractivity contribution in [1.29, 1.82) is 0 Å². The van der Waals surface area contributed by atoms with Crippen LogP contribution >= 0.6 is 11.6 Å². The van der Waals surface area contributed by atoms with Crippen LogP contribution in [0.3, 0.4) is 0 Å². The molecule has 1 aliphatic rings. The van der Waals surface area contributed by atoms with Crippen LogP contribution in [0.5, 0.6) is 0 Å². The van der Waals surface area contributed by atoms with Crippen LogP contribution in [0.4, 0.5) is 31.7 Å². The third-order valence-electron chi connectivity index (χ3n) is 5.03. The van der Waals surface area contributed by atoms with Crippen LogP contribution in [0.15, 0.2) is 67.6 Å². The van der Waals surface area contributed by atoms with Gasteiger partial charge in [0.1, 0.15) is 9.92 Å². The number of halogens is 3. The highest BCUT2D eigenvalue weighted by Gasteiger charge is 2.37. The van der Waals surface area contributed by atoms with Crippen LogP contribution in [0, 0.1) is 12.0 Å². The summed E-state index contributed by atoms with van der Waals surface area (Å²) in [4.78, 5) is 17.6. The van der Waals surface area contributed by atoms with E-state index in [0.29, 0.717) is 22.8 Å². The molecule has 1 unspecified atom stereocenters. The molecule has 1 amide bonds. The Hall–Kier alpha value is -3.97. The Balaban J connectivity index is 1.57. The minimum atomic E-state index is -4.94. The molecule has 0 spiro atoms. The smallest absolute Gasteiger partial charge is 0.313 e. The van der Waals surface area contributed by atoms with E-state index in [9.17, 15) is 39.5 Å². The van der Waals surface area contributed by atoms with Crippen molar-refractivity contribution in [2.24, 2.45) is 15.3 Å². The number of benzene rings is 2. The number of anilines is 3. The monoisotopic (exact) mass is 601 g/mol. The number of carbonyl (C=O) groups excluding carboxylic acids is 1. The van der Waals surface area contributed by atoms with Gasteiger partial charge in [-0.15, -0.1) is 0 Å². The quantitative estimate of drug-likeness (QED) is 0.155. The Labute approximate surface area is 223 Å². The molecule has 0 aliphatic carbocycles. The molecule has 0 saturated heterocycles. The highest BCUT2D eigenvalue weighted by Crippen LogP contribution is 2.32. The summed E-state index contributed by atoms with van der Waals surface area (Å²) < 4.78 is 92.3. The van der Waals surface area contributed by atoms with Crippen LogP contribution in [-0.4, -0.2) is 53.6 Å². The van der Waals surface area contributed by atoms with E-state index in [-0.39, 0.29) is 17.2 Å². The molecule has 1 atom stereocenters. The Morgan fingerprint density at radius 1 is 1.03 bits per heavy atom. The van der Waals surface area contributed by atoms with Gasteiger partial charge in [0.25, 0.3) is 26.1 Å². The van der Waals surface area contributed by atoms with E-state index in [1.807, 2.05) is 0 Å². The fraction of sp³-hybridized carbons (Fsp3) is 0.100. The summed E-state index contributed by atoms with van der Waals surface area (Å²) in [5, 5.41) is 14.3. The van der Waals surface area contributed by atoms with Crippen molar-refractivity contribution in [3.63, 3.8) is 0 Å². The van der Waals surface area contributed by atoms with Gasteiger partial charge in [-0.25, -0.2) is 0 Å². The number of azo groups is 1. The molecule has 0 radical (unpaired) electrons. The van der Waals surface area contributed by atoms with Gasteiger partial charge < -0.3 is 5.32 Å². The van der Waals surface area contributed by atoms with Gasteiger partial charge in [-0.3, -0.25) is 13.9 Å². The Morgan fingerprint density at radius 2 is 1.69 bits per heavy atom. The number of hydrazone groups is 1. The van der Waals surface area contributed by atoms with Gasteiger partial charge in [0.2, 0.25) is 5.95 Å². The number of rotatable bonds is 7. The van der Waals surface area contributed by atoms with Crippen molar-refractivity contribution in [3.8, 4) is 0 Å². The molecule has 2 aromatic carbocycles. The van der Waals surface area contributed by atoms with Gasteiger partial charge >= 0.3 is 6.08 Å². The SMILES string of the molecule is CC1=NN(c2cc(S(=O)(=O)O)ccc2S(=O)(=O)O)C(=O)C1N=Nc1ccc(Nc2nc(F)nc(F)c2Cl)cc1. The van der Waals surface area contributed by atoms with Gasteiger partial charge in [-0.2, -0.15) is 55.9 Å². The Bertz CT molecular complexity index is 1770. The first kappa shape index (κ1) is 28.0. The average Bonchev–Trinajstić information content (AvgIpc) is 3.13. The largest absolute Gasteiger partial charge is 0.339 e. The predicted molar refractivity (Wildman–Crippen MR) is 132 cm³/mol. The fourth-order valence-corrected chi connectivity index (χ4v) is 4.53. The number of aromatic nitrogens is 2. The summed E-state index contributed by atoms with van der Waals surface area (Å²) in [6, 6.07) is 6.43. The number of hydrogen-bond donors (Lipinski definition) is 3. The van der Waals surface area contributed by atoms with E-state index < -0.39 is 64.7 Å². The predicted octanol–water partition coefficient (Wildman–Crippen LogP) is 3.52. The van der Waals surface area contributed by atoms with Crippen molar-refractivity contribution in [2.45, 2.75) is 22.8 Å². The third-order valence-corrected chi connectivity index (χ3v) is 7.12. The molecule has 204 valence electrons. The van der Waals surface area contributed by atoms with Crippen molar-refractivity contribution in [1.82, 2.24) is 9.97 Å². The molecule has 3 aromatic rings. The van der Waals surface area contributed by atoms with E-state index >= 15 is 0 Å². The summed E-state index contributed by atoms with van der Waals surface area (Å²) in [5.41, 5.74) is -0.0622. The number of carbonyl (C=O) groups is 1. The molecule has 2 heterocycles. The zero-order valence-electron chi connectivity index (χ0n) is 19.2.